The Kier molecular flexibility index (Phi) is 6.29. The Morgan fingerprint density at radius 2 is 1.79 bits per heavy atom. The van der Waals surface area contributed by atoms with Gasteiger partial charge in [-0.3, -0.25) is 14.9 Å². The van der Waals surface area contributed by atoms with Gasteiger partial charge in [0.25, 0.3) is 5.91 Å². The van der Waals surface area contributed by atoms with Crippen molar-refractivity contribution in [1.29, 1.82) is 0 Å². The van der Waals surface area contributed by atoms with Gasteiger partial charge in [-0.2, -0.15) is 5.10 Å². The number of halogens is 1. The van der Waals surface area contributed by atoms with Crippen LogP contribution in [0.3, 0.4) is 0 Å². The van der Waals surface area contributed by atoms with Crippen LogP contribution in [0.15, 0.2) is 73.1 Å². The van der Waals surface area contributed by atoms with E-state index in [9.17, 15) is 9.18 Å². The second-order valence-electron chi connectivity index (χ2n) is 8.39. The molecule has 2 N–H and O–H groups in total. The first-order chi connectivity index (χ1) is 16.7. The zero-order valence-corrected chi connectivity index (χ0v) is 18.6. The van der Waals surface area contributed by atoms with Gasteiger partial charge in [-0.05, 0) is 72.5 Å². The van der Waals surface area contributed by atoms with E-state index in [1.807, 2.05) is 41.3 Å². The minimum absolute atomic E-state index is 0.0203. The van der Waals surface area contributed by atoms with Gasteiger partial charge in [0, 0.05) is 43.2 Å². The van der Waals surface area contributed by atoms with Crippen molar-refractivity contribution in [2.45, 2.75) is 31.8 Å². The second-order valence-corrected chi connectivity index (χ2v) is 8.39. The molecule has 1 aliphatic rings. The minimum atomic E-state index is -0.264. The van der Waals surface area contributed by atoms with Crippen LogP contribution in [-0.2, 0) is 13.0 Å². The molecule has 1 amide bonds. The van der Waals surface area contributed by atoms with Gasteiger partial charge in [-0.25, -0.2) is 9.37 Å². The first-order valence-corrected chi connectivity index (χ1v) is 11.3. The molecule has 1 atom stereocenters. The highest BCUT2D eigenvalue weighted by Gasteiger charge is 2.33. The summed E-state index contributed by atoms with van der Waals surface area (Å²) in [6, 6.07) is 17.7. The number of hydrogen-bond acceptors (Lipinski definition) is 5. The number of nitrogens with zero attached hydrogens (tertiary/aromatic N) is 4. The summed E-state index contributed by atoms with van der Waals surface area (Å²) in [4.78, 5) is 23.8. The van der Waals surface area contributed by atoms with Crippen molar-refractivity contribution in [3.05, 3.63) is 107 Å². The number of aromatic amines is 1. The Labute approximate surface area is 197 Å². The summed E-state index contributed by atoms with van der Waals surface area (Å²) in [5, 5.41) is 10.7. The van der Waals surface area contributed by atoms with Gasteiger partial charge in [0.1, 0.15) is 11.6 Å². The van der Waals surface area contributed by atoms with Crippen molar-refractivity contribution in [2.24, 2.45) is 0 Å². The lowest BCUT2D eigenvalue weighted by Gasteiger charge is -2.22. The molecular formula is C26H25FN6O. The van der Waals surface area contributed by atoms with E-state index in [1.54, 1.807) is 24.5 Å². The molecule has 7 nitrogen and oxygen atoms in total. The highest BCUT2D eigenvalue weighted by Crippen LogP contribution is 2.31. The van der Waals surface area contributed by atoms with Crippen molar-refractivity contribution in [3.63, 3.8) is 0 Å². The summed E-state index contributed by atoms with van der Waals surface area (Å²) in [5.41, 5.74) is 3.68. The van der Waals surface area contributed by atoms with Gasteiger partial charge in [-0.1, -0.05) is 12.1 Å². The van der Waals surface area contributed by atoms with Gasteiger partial charge in [0.05, 0.1) is 6.04 Å². The molecule has 0 unspecified atom stereocenters. The number of rotatable bonds is 7. The number of carbonyl (C=O) groups is 1. The second kappa shape index (κ2) is 9.82. The van der Waals surface area contributed by atoms with Crippen LogP contribution >= 0.6 is 0 Å². The molecule has 0 radical (unpaired) electrons. The molecule has 0 bridgehead atoms. The molecule has 172 valence electrons. The maximum atomic E-state index is 13.2. The molecule has 2 aromatic carbocycles. The third-order valence-corrected chi connectivity index (χ3v) is 6.02. The largest absolute Gasteiger partial charge is 0.381 e. The van der Waals surface area contributed by atoms with E-state index in [0.717, 1.165) is 29.7 Å². The monoisotopic (exact) mass is 456 g/mol. The smallest absolute Gasteiger partial charge is 0.254 e. The van der Waals surface area contributed by atoms with Crippen molar-refractivity contribution < 1.29 is 9.18 Å². The topological polar surface area (TPSA) is 86.8 Å². The maximum Gasteiger partial charge on any atom is 0.254 e. The molecule has 3 heterocycles. The molecule has 1 fully saturated rings. The number of H-pyrrole nitrogens is 1. The lowest BCUT2D eigenvalue weighted by molar-refractivity contribution is 0.0730. The van der Waals surface area contributed by atoms with Crippen LogP contribution in [0.25, 0.3) is 0 Å². The van der Waals surface area contributed by atoms with Gasteiger partial charge >= 0.3 is 0 Å². The van der Waals surface area contributed by atoms with Crippen molar-refractivity contribution >= 4 is 11.6 Å². The van der Waals surface area contributed by atoms with Gasteiger partial charge in [0.2, 0.25) is 0 Å². The fraction of sp³-hybridized carbons (Fsp3) is 0.231. The molecule has 0 spiro atoms. The Morgan fingerprint density at radius 1 is 1.03 bits per heavy atom. The highest BCUT2D eigenvalue weighted by molar-refractivity contribution is 5.95. The van der Waals surface area contributed by atoms with Crippen LogP contribution in [0.5, 0.6) is 0 Å². The molecule has 4 aromatic rings. The molecule has 0 saturated carbocycles. The average molecular weight is 457 g/mol. The SMILES string of the molecule is O=C(c1ccc(NCc2ccncc2)cc1)N1CCC[C@@H]1c1n[nH]c(Cc2ccc(F)cc2)n1. The predicted octanol–water partition coefficient (Wildman–Crippen LogP) is 4.52. The van der Waals surface area contributed by atoms with Crippen molar-refractivity contribution in [3.8, 4) is 0 Å². The molecule has 1 saturated heterocycles. The lowest BCUT2D eigenvalue weighted by Crippen LogP contribution is -2.31. The fourth-order valence-electron chi connectivity index (χ4n) is 4.21. The average Bonchev–Trinajstić information content (AvgIpc) is 3.54. The third kappa shape index (κ3) is 4.96. The number of benzene rings is 2. The molecular weight excluding hydrogens is 431 g/mol. The summed E-state index contributed by atoms with van der Waals surface area (Å²) in [6.45, 7) is 1.36. The van der Waals surface area contributed by atoms with E-state index in [2.05, 4.69) is 25.5 Å². The summed E-state index contributed by atoms with van der Waals surface area (Å²) in [5.74, 6) is 1.04. The lowest BCUT2D eigenvalue weighted by atomic mass is 10.1. The number of nitrogens with one attached hydrogen (secondary N) is 2. The molecule has 0 aliphatic carbocycles. The Bertz CT molecular complexity index is 1240. The number of likely N-dealkylation sites (tertiary alicyclic amines) is 1. The molecule has 2 aromatic heterocycles. The van der Waals surface area contributed by atoms with Crippen LogP contribution in [0.2, 0.25) is 0 Å². The summed E-state index contributed by atoms with van der Waals surface area (Å²) >= 11 is 0. The maximum absolute atomic E-state index is 13.2. The van der Waals surface area contributed by atoms with Gasteiger partial charge < -0.3 is 10.2 Å². The number of pyridine rings is 1. The Hall–Kier alpha value is -4.07. The Balaban J connectivity index is 1.23. The molecule has 34 heavy (non-hydrogen) atoms. The number of carbonyl (C=O) groups excluding carboxylic acids is 1. The Morgan fingerprint density at radius 3 is 2.56 bits per heavy atom. The molecule has 1 aliphatic heterocycles. The zero-order valence-electron chi connectivity index (χ0n) is 18.6. The van der Waals surface area contributed by atoms with Crippen molar-refractivity contribution in [1.82, 2.24) is 25.1 Å². The highest BCUT2D eigenvalue weighted by atomic mass is 19.1. The third-order valence-electron chi connectivity index (χ3n) is 6.02. The first-order valence-electron chi connectivity index (χ1n) is 11.3. The van der Waals surface area contributed by atoms with Crippen LogP contribution in [0.4, 0.5) is 10.1 Å². The van der Waals surface area contributed by atoms with Crippen LogP contribution < -0.4 is 5.32 Å². The van der Waals surface area contributed by atoms with E-state index in [1.165, 1.54) is 12.1 Å². The zero-order chi connectivity index (χ0) is 23.3. The predicted molar refractivity (Wildman–Crippen MR) is 127 cm³/mol. The van der Waals surface area contributed by atoms with E-state index < -0.39 is 0 Å². The van der Waals surface area contributed by atoms with Crippen LogP contribution in [0.1, 0.15) is 52.0 Å². The first kappa shape index (κ1) is 21.8. The number of hydrogen-bond donors (Lipinski definition) is 2. The van der Waals surface area contributed by atoms with Crippen LogP contribution in [-0.4, -0.2) is 37.5 Å². The number of amides is 1. The van der Waals surface area contributed by atoms with E-state index in [4.69, 9.17) is 0 Å². The number of anilines is 1. The minimum Gasteiger partial charge on any atom is -0.381 e. The summed E-state index contributed by atoms with van der Waals surface area (Å²) < 4.78 is 13.1. The van der Waals surface area contributed by atoms with Gasteiger partial charge in [-0.15, -0.1) is 0 Å². The van der Waals surface area contributed by atoms with E-state index in [0.29, 0.717) is 36.7 Å². The summed E-state index contributed by atoms with van der Waals surface area (Å²) in [7, 11) is 0. The van der Waals surface area contributed by atoms with Crippen molar-refractivity contribution in [2.75, 3.05) is 11.9 Å². The quantitative estimate of drug-likeness (QED) is 0.427. The standard InChI is InChI=1S/C26H25FN6O/c27-21-7-3-18(4-8-21)16-24-30-25(32-31-24)23-2-1-15-33(23)26(34)20-5-9-22(10-6-20)29-17-19-11-13-28-14-12-19/h3-14,23,29H,1-2,15-17H2,(H,30,31,32)/t23-/m1/s1. The molecule has 5 rings (SSSR count). The van der Waals surface area contributed by atoms with E-state index >= 15 is 0 Å². The van der Waals surface area contributed by atoms with Gasteiger partial charge in [0.15, 0.2) is 5.82 Å². The fourth-order valence-corrected chi connectivity index (χ4v) is 4.21. The number of aromatic nitrogens is 4. The normalized spacial score (nSPS) is 15.4. The molecule has 8 heteroatoms. The van der Waals surface area contributed by atoms with E-state index in [-0.39, 0.29) is 17.8 Å². The summed E-state index contributed by atoms with van der Waals surface area (Å²) in [6.07, 6.45) is 5.80. The van der Waals surface area contributed by atoms with Crippen LogP contribution in [0, 0.1) is 5.82 Å².